The summed E-state index contributed by atoms with van der Waals surface area (Å²) in [6.07, 6.45) is 0. The maximum Gasteiger partial charge on any atom is 0.258 e. The third-order valence-corrected chi connectivity index (χ3v) is 4.20. The molecule has 0 aliphatic rings. The molecule has 20 heavy (non-hydrogen) atoms. The average molecular weight is 294 g/mol. The summed E-state index contributed by atoms with van der Waals surface area (Å²) in [6.45, 7) is 1.88. The van der Waals surface area contributed by atoms with Crippen molar-refractivity contribution < 1.29 is 17.9 Å². The van der Waals surface area contributed by atoms with Gasteiger partial charge in [0.2, 0.25) is 21.6 Å². The van der Waals surface area contributed by atoms with Gasteiger partial charge in [0.05, 0.1) is 25.2 Å². The largest absolute Gasteiger partial charge is 0.481 e. The van der Waals surface area contributed by atoms with Crippen molar-refractivity contribution in [2.45, 2.75) is 17.0 Å². The van der Waals surface area contributed by atoms with Crippen LogP contribution in [0.2, 0.25) is 0 Å². The van der Waals surface area contributed by atoms with Crippen LogP contribution in [0.1, 0.15) is 5.56 Å². The molecular weight excluding hydrogens is 280 g/mol. The quantitative estimate of drug-likeness (QED) is 0.798. The standard InChI is InChI=1S/C13H14N2O4S/c1-9-4-6-10(7-5-9)20(16,17)13-14-11(18-2)8-12(15-13)19-3/h4-8H,1-3H3. The van der Waals surface area contributed by atoms with Crippen LogP contribution in [0, 0.1) is 6.92 Å². The summed E-state index contributed by atoms with van der Waals surface area (Å²) in [4.78, 5) is 7.86. The summed E-state index contributed by atoms with van der Waals surface area (Å²) in [5, 5.41) is -0.349. The van der Waals surface area contributed by atoms with E-state index in [0.29, 0.717) is 0 Å². The van der Waals surface area contributed by atoms with Crippen molar-refractivity contribution in [3.63, 3.8) is 0 Å². The van der Waals surface area contributed by atoms with Crippen molar-refractivity contribution in [3.8, 4) is 11.8 Å². The molecule has 0 unspecified atom stereocenters. The molecule has 0 aliphatic heterocycles. The zero-order valence-electron chi connectivity index (χ0n) is 11.3. The summed E-state index contributed by atoms with van der Waals surface area (Å²) >= 11 is 0. The van der Waals surface area contributed by atoms with Gasteiger partial charge in [-0.1, -0.05) is 17.7 Å². The Kier molecular flexibility index (Phi) is 3.89. The molecule has 0 atom stereocenters. The van der Waals surface area contributed by atoms with Crippen LogP contribution in [0.25, 0.3) is 0 Å². The third kappa shape index (κ3) is 2.72. The van der Waals surface area contributed by atoms with Crippen molar-refractivity contribution in [2.24, 2.45) is 0 Å². The molecule has 2 aromatic rings. The second-order valence-electron chi connectivity index (χ2n) is 4.05. The number of rotatable bonds is 4. The van der Waals surface area contributed by atoms with E-state index in [1.54, 1.807) is 12.1 Å². The molecule has 0 saturated heterocycles. The molecule has 1 heterocycles. The minimum absolute atomic E-state index is 0.124. The Labute approximate surface area is 117 Å². The summed E-state index contributed by atoms with van der Waals surface area (Å²) in [6, 6.07) is 7.86. The molecule has 0 aliphatic carbocycles. The fourth-order valence-corrected chi connectivity index (χ4v) is 2.66. The fourth-order valence-electron chi connectivity index (χ4n) is 1.54. The first-order chi connectivity index (χ1) is 9.47. The summed E-state index contributed by atoms with van der Waals surface area (Å²) < 4.78 is 34.8. The summed E-state index contributed by atoms with van der Waals surface area (Å²) in [7, 11) is -1.02. The van der Waals surface area contributed by atoms with Gasteiger partial charge in [-0.3, -0.25) is 0 Å². The lowest BCUT2D eigenvalue weighted by Gasteiger charge is -2.07. The van der Waals surface area contributed by atoms with Gasteiger partial charge in [-0.2, -0.15) is 9.97 Å². The van der Waals surface area contributed by atoms with E-state index in [1.165, 1.54) is 32.4 Å². The monoisotopic (exact) mass is 294 g/mol. The number of aryl methyl sites for hydroxylation is 1. The Morgan fingerprint density at radius 1 is 0.950 bits per heavy atom. The molecule has 1 aromatic carbocycles. The van der Waals surface area contributed by atoms with Gasteiger partial charge in [-0.15, -0.1) is 0 Å². The molecule has 0 bridgehead atoms. The zero-order valence-corrected chi connectivity index (χ0v) is 12.1. The SMILES string of the molecule is COc1cc(OC)nc(S(=O)(=O)c2ccc(C)cc2)n1. The van der Waals surface area contributed by atoms with Crippen molar-refractivity contribution in [1.82, 2.24) is 9.97 Å². The number of benzene rings is 1. The molecule has 0 radical (unpaired) electrons. The molecule has 0 saturated carbocycles. The van der Waals surface area contributed by atoms with Gasteiger partial charge < -0.3 is 9.47 Å². The summed E-state index contributed by atoms with van der Waals surface area (Å²) in [5.41, 5.74) is 0.966. The normalized spacial score (nSPS) is 11.2. The minimum atomic E-state index is -3.80. The number of aromatic nitrogens is 2. The van der Waals surface area contributed by atoms with Crippen LogP contribution in [0.4, 0.5) is 0 Å². The lowest BCUT2D eigenvalue weighted by atomic mass is 10.2. The van der Waals surface area contributed by atoms with Gasteiger partial charge in [0.15, 0.2) is 0 Å². The fraction of sp³-hybridized carbons (Fsp3) is 0.231. The van der Waals surface area contributed by atoms with Gasteiger partial charge in [0.1, 0.15) is 0 Å². The molecular formula is C13H14N2O4S. The second kappa shape index (κ2) is 5.46. The van der Waals surface area contributed by atoms with Crippen LogP contribution in [0.3, 0.4) is 0 Å². The predicted octanol–water partition coefficient (Wildman–Crippen LogP) is 1.64. The molecule has 0 fully saturated rings. The minimum Gasteiger partial charge on any atom is -0.481 e. The highest BCUT2D eigenvalue weighted by molar-refractivity contribution is 7.91. The Balaban J connectivity index is 2.56. The molecule has 0 N–H and O–H groups in total. The predicted molar refractivity (Wildman–Crippen MR) is 71.8 cm³/mol. The van der Waals surface area contributed by atoms with Crippen LogP contribution in [-0.2, 0) is 9.84 Å². The zero-order chi connectivity index (χ0) is 14.8. The van der Waals surface area contributed by atoms with Gasteiger partial charge in [0, 0.05) is 0 Å². The number of hydrogen-bond donors (Lipinski definition) is 0. The molecule has 2 rings (SSSR count). The van der Waals surface area contributed by atoms with E-state index in [9.17, 15) is 8.42 Å². The van der Waals surface area contributed by atoms with E-state index in [1.807, 2.05) is 6.92 Å². The molecule has 6 nitrogen and oxygen atoms in total. The van der Waals surface area contributed by atoms with E-state index in [0.717, 1.165) is 5.56 Å². The number of ether oxygens (including phenoxy) is 2. The van der Waals surface area contributed by atoms with Crippen LogP contribution in [0.15, 0.2) is 40.4 Å². The van der Waals surface area contributed by atoms with Gasteiger partial charge in [-0.05, 0) is 19.1 Å². The van der Waals surface area contributed by atoms with E-state index < -0.39 is 9.84 Å². The average Bonchev–Trinajstić information content (AvgIpc) is 2.47. The van der Waals surface area contributed by atoms with Crippen molar-refractivity contribution >= 4 is 9.84 Å². The Bertz CT molecular complexity index is 689. The lowest BCUT2D eigenvalue weighted by Crippen LogP contribution is -2.09. The van der Waals surface area contributed by atoms with E-state index in [-0.39, 0.29) is 21.8 Å². The Morgan fingerprint density at radius 3 is 1.90 bits per heavy atom. The van der Waals surface area contributed by atoms with Crippen LogP contribution in [-0.4, -0.2) is 32.6 Å². The first kappa shape index (κ1) is 14.3. The number of sulfone groups is 1. The number of hydrogen-bond acceptors (Lipinski definition) is 6. The third-order valence-electron chi connectivity index (χ3n) is 2.65. The van der Waals surface area contributed by atoms with Crippen LogP contribution < -0.4 is 9.47 Å². The highest BCUT2D eigenvalue weighted by atomic mass is 32.2. The highest BCUT2D eigenvalue weighted by Crippen LogP contribution is 2.23. The number of nitrogens with zero attached hydrogens (tertiary/aromatic N) is 2. The first-order valence-electron chi connectivity index (χ1n) is 5.76. The van der Waals surface area contributed by atoms with Gasteiger partial charge in [-0.25, -0.2) is 8.42 Å². The molecule has 0 amide bonds. The maximum absolute atomic E-state index is 12.4. The molecule has 106 valence electrons. The second-order valence-corrected chi connectivity index (χ2v) is 5.90. The Morgan fingerprint density at radius 2 is 1.45 bits per heavy atom. The smallest absolute Gasteiger partial charge is 0.258 e. The lowest BCUT2D eigenvalue weighted by molar-refractivity contribution is 0.362. The maximum atomic E-state index is 12.4. The Hall–Kier alpha value is -2.15. The van der Waals surface area contributed by atoms with Crippen molar-refractivity contribution in [2.75, 3.05) is 14.2 Å². The van der Waals surface area contributed by atoms with Gasteiger partial charge >= 0.3 is 0 Å². The highest BCUT2D eigenvalue weighted by Gasteiger charge is 2.23. The van der Waals surface area contributed by atoms with E-state index >= 15 is 0 Å². The van der Waals surface area contributed by atoms with Crippen LogP contribution in [0.5, 0.6) is 11.8 Å². The van der Waals surface area contributed by atoms with Gasteiger partial charge in [0.25, 0.3) is 5.16 Å². The first-order valence-corrected chi connectivity index (χ1v) is 7.24. The molecule has 1 aromatic heterocycles. The topological polar surface area (TPSA) is 78.4 Å². The van der Waals surface area contributed by atoms with E-state index in [2.05, 4.69) is 9.97 Å². The van der Waals surface area contributed by atoms with Crippen LogP contribution >= 0.6 is 0 Å². The molecule has 7 heteroatoms. The molecule has 0 spiro atoms. The summed E-state index contributed by atoms with van der Waals surface area (Å²) in [5.74, 6) is 0.255. The van der Waals surface area contributed by atoms with E-state index in [4.69, 9.17) is 9.47 Å². The van der Waals surface area contributed by atoms with Crippen molar-refractivity contribution in [3.05, 3.63) is 35.9 Å². The van der Waals surface area contributed by atoms with Crippen molar-refractivity contribution in [1.29, 1.82) is 0 Å². The number of methoxy groups -OCH3 is 2.